The van der Waals surface area contributed by atoms with Crippen LogP contribution in [0.3, 0.4) is 0 Å². The monoisotopic (exact) mass is 359 g/mol. The number of amides is 2. The molecule has 0 radical (unpaired) electrons. The Bertz CT molecular complexity index is 616. The van der Waals surface area contributed by atoms with E-state index in [2.05, 4.69) is 10.2 Å². The molecule has 1 aromatic carbocycles. The van der Waals surface area contributed by atoms with Crippen LogP contribution in [0.15, 0.2) is 24.3 Å². The van der Waals surface area contributed by atoms with Crippen LogP contribution >= 0.6 is 0 Å². The number of morpholine rings is 1. The van der Waals surface area contributed by atoms with E-state index in [1.807, 2.05) is 43.0 Å². The molecule has 0 atom stereocenters. The second-order valence-electron chi connectivity index (χ2n) is 7.39. The smallest absolute Gasteiger partial charge is 0.227 e. The van der Waals surface area contributed by atoms with E-state index in [1.165, 1.54) is 0 Å². The molecule has 1 aromatic rings. The highest BCUT2D eigenvalue weighted by molar-refractivity contribution is 5.93. The van der Waals surface area contributed by atoms with Gasteiger partial charge in [-0.2, -0.15) is 0 Å². The van der Waals surface area contributed by atoms with Crippen molar-refractivity contribution in [2.24, 2.45) is 11.8 Å². The molecule has 142 valence electrons. The molecule has 0 spiro atoms. The Balaban J connectivity index is 1.50. The molecule has 26 heavy (non-hydrogen) atoms. The number of ether oxygens (including phenoxy) is 1. The van der Waals surface area contributed by atoms with E-state index in [-0.39, 0.29) is 23.7 Å². The highest BCUT2D eigenvalue weighted by atomic mass is 16.5. The Morgan fingerprint density at radius 2 is 1.65 bits per heavy atom. The number of carbonyl (C=O) groups is 2. The van der Waals surface area contributed by atoms with Crippen molar-refractivity contribution in [3.8, 4) is 0 Å². The first-order valence-electron chi connectivity index (χ1n) is 9.57. The van der Waals surface area contributed by atoms with Crippen molar-refractivity contribution in [3.05, 3.63) is 24.3 Å². The molecular formula is C20H29N3O3. The SMILES string of the molecule is CC(C)C(=O)N1CCC(C(=O)Nc2ccc(N3CCOCC3)cc2)CC1. The largest absolute Gasteiger partial charge is 0.378 e. The van der Waals surface area contributed by atoms with Crippen LogP contribution in [0.2, 0.25) is 0 Å². The number of nitrogens with zero attached hydrogens (tertiary/aromatic N) is 2. The molecule has 0 unspecified atom stereocenters. The molecule has 3 rings (SSSR count). The highest BCUT2D eigenvalue weighted by Gasteiger charge is 2.28. The third-order valence-electron chi connectivity index (χ3n) is 5.18. The normalized spacial score (nSPS) is 18.9. The summed E-state index contributed by atoms with van der Waals surface area (Å²) in [5.74, 6) is 0.235. The van der Waals surface area contributed by atoms with Gasteiger partial charge < -0.3 is 19.9 Å². The van der Waals surface area contributed by atoms with Crippen LogP contribution in [0.25, 0.3) is 0 Å². The van der Waals surface area contributed by atoms with Gasteiger partial charge in [0.15, 0.2) is 0 Å². The summed E-state index contributed by atoms with van der Waals surface area (Å²) in [6, 6.07) is 8.01. The Hall–Kier alpha value is -2.08. The molecule has 1 N–H and O–H groups in total. The first-order valence-corrected chi connectivity index (χ1v) is 9.57. The number of piperidine rings is 1. The van der Waals surface area contributed by atoms with Crippen molar-refractivity contribution in [2.45, 2.75) is 26.7 Å². The van der Waals surface area contributed by atoms with Crippen molar-refractivity contribution >= 4 is 23.2 Å². The van der Waals surface area contributed by atoms with Crippen LogP contribution in [0, 0.1) is 11.8 Å². The summed E-state index contributed by atoms with van der Waals surface area (Å²) < 4.78 is 5.38. The minimum absolute atomic E-state index is 0.0188. The number of carbonyl (C=O) groups excluding carboxylic acids is 2. The van der Waals surface area contributed by atoms with Gasteiger partial charge in [0.1, 0.15) is 0 Å². The van der Waals surface area contributed by atoms with Crippen LogP contribution in [-0.2, 0) is 14.3 Å². The molecule has 0 aromatic heterocycles. The number of hydrogen-bond donors (Lipinski definition) is 1. The fourth-order valence-electron chi connectivity index (χ4n) is 3.55. The third kappa shape index (κ3) is 4.55. The van der Waals surface area contributed by atoms with Crippen LogP contribution in [0.4, 0.5) is 11.4 Å². The molecule has 2 saturated heterocycles. The summed E-state index contributed by atoms with van der Waals surface area (Å²) in [6.07, 6.45) is 1.46. The Morgan fingerprint density at radius 3 is 2.23 bits per heavy atom. The lowest BCUT2D eigenvalue weighted by Gasteiger charge is -2.32. The van der Waals surface area contributed by atoms with Crippen LogP contribution in [0.5, 0.6) is 0 Å². The highest BCUT2D eigenvalue weighted by Crippen LogP contribution is 2.23. The average Bonchev–Trinajstić information content (AvgIpc) is 2.68. The van der Waals surface area contributed by atoms with E-state index in [4.69, 9.17) is 4.74 Å². The lowest BCUT2D eigenvalue weighted by Crippen LogP contribution is -2.43. The molecule has 2 fully saturated rings. The number of hydrogen-bond acceptors (Lipinski definition) is 4. The maximum atomic E-state index is 12.5. The quantitative estimate of drug-likeness (QED) is 0.896. The van der Waals surface area contributed by atoms with E-state index < -0.39 is 0 Å². The Morgan fingerprint density at radius 1 is 1.04 bits per heavy atom. The van der Waals surface area contributed by atoms with Gasteiger partial charge >= 0.3 is 0 Å². The average molecular weight is 359 g/mol. The second-order valence-corrected chi connectivity index (χ2v) is 7.39. The Kier molecular flexibility index (Phi) is 6.14. The van der Waals surface area contributed by atoms with E-state index in [0.29, 0.717) is 13.1 Å². The Labute approximate surface area is 155 Å². The summed E-state index contributed by atoms with van der Waals surface area (Å²) in [7, 11) is 0. The summed E-state index contributed by atoms with van der Waals surface area (Å²) in [6.45, 7) is 8.51. The van der Waals surface area contributed by atoms with E-state index in [1.54, 1.807) is 0 Å². The van der Waals surface area contributed by atoms with Gasteiger partial charge in [-0.25, -0.2) is 0 Å². The fourth-order valence-corrected chi connectivity index (χ4v) is 3.55. The van der Waals surface area contributed by atoms with Gasteiger partial charge in [-0.05, 0) is 37.1 Å². The topological polar surface area (TPSA) is 61.9 Å². The molecule has 2 heterocycles. The number of likely N-dealkylation sites (tertiary alicyclic amines) is 1. The summed E-state index contributed by atoms with van der Waals surface area (Å²) in [4.78, 5) is 28.7. The fraction of sp³-hybridized carbons (Fsp3) is 0.600. The minimum Gasteiger partial charge on any atom is -0.378 e. The van der Waals surface area contributed by atoms with E-state index in [9.17, 15) is 9.59 Å². The van der Waals surface area contributed by atoms with Crippen molar-refractivity contribution in [1.29, 1.82) is 0 Å². The number of benzene rings is 1. The van der Waals surface area contributed by atoms with Crippen LogP contribution in [0.1, 0.15) is 26.7 Å². The van der Waals surface area contributed by atoms with E-state index in [0.717, 1.165) is 50.5 Å². The predicted octanol–water partition coefficient (Wildman–Crippen LogP) is 2.36. The molecule has 0 bridgehead atoms. The molecule has 2 aliphatic heterocycles. The lowest BCUT2D eigenvalue weighted by atomic mass is 9.95. The van der Waals surface area contributed by atoms with Crippen molar-refractivity contribution in [3.63, 3.8) is 0 Å². The second kappa shape index (κ2) is 8.54. The molecule has 0 saturated carbocycles. The summed E-state index contributed by atoms with van der Waals surface area (Å²) >= 11 is 0. The zero-order valence-corrected chi connectivity index (χ0v) is 15.7. The van der Waals surface area contributed by atoms with Gasteiger partial charge in [0.05, 0.1) is 13.2 Å². The van der Waals surface area contributed by atoms with Crippen molar-refractivity contribution < 1.29 is 14.3 Å². The van der Waals surface area contributed by atoms with Gasteiger partial charge in [0, 0.05) is 49.4 Å². The molecule has 6 heteroatoms. The van der Waals surface area contributed by atoms with E-state index >= 15 is 0 Å². The minimum atomic E-state index is -0.0230. The zero-order valence-electron chi connectivity index (χ0n) is 15.7. The first kappa shape index (κ1) is 18.7. The maximum absolute atomic E-state index is 12.5. The molecule has 0 aliphatic carbocycles. The van der Waals surface area contributed by atoms with Gasteiger partial charge in [-0.1, -0.05) is 13.8 Å². The maximum Gasteiger partial charge on any atom is 0.227 e. The van der Waals surface area contributed by atoms with Crippen LogP contribution in [-0.4, -0.2) is 56.1 Å². The molecule has 2 aliphatic rings. The van der Waals surface area contributed by atoms with Gasteiger partial charge in [-0.3, -0.25) is 9.59 Å². The van der Waals surface area contributed by atoms with Gasteiger partial charge in [0.25, 0.3) is 0 Å². The van der Waals surface area contributed by atoms with Gasteiger partial charge in [0.2, 0.25) is 11.8 Å². The predicted molar refractivity (Wildman–Crippen MR) is 102 cm³/mol. The van der Waals surface area contributed by atoms with Crippen molar-refractivity contribution in [2.75, 3.05) is 49.6 Å². The molecule has 6 nitrogen and oxygen atoms in total. The number of rotatable bonds is 4. The lowest BCUT2D eigenvalue weighted by molar-refractivity contribution is -0.137. The standard InChI is InChI=1S/C20H29N3O3/c1-15(2)20(25)23-9-7-16(8-10-23)19(24)21-17-3-5-18(6-4-17)22-11-13-26-14-12-22/h3-6,15-16H,7-14H2,1-2H3,(H,21,24). The summed E-state index contributed by atoms with van der Waals surface area (Å²) in [5, 5.41) is 3.02. The molecule has 2 amide bonds. The third-order valence-corrected chi connectivity index (χ3v) is 5.18. The first-order chi connectivity index (χ1) is 12.5. The molecular weight excluding hydrogens is 330 g/mol. The zero-order chi connectivity index (χ0) is 18.5. The van der Waals surface area contributed by atoms with Crippen LogP contribution < -0.4 is 10.2 Å². The summed E-state index contributed by atoms with van der Waals surface area (Å²) in [5.41, 5.74) is 1.99. The van der Waals surface area contributed by atoms with Crippen molar-refractivity contribution in [1.82, 2.24) is 4.90 Å². The number of anilines is 2. The number of nitrogens with one attached hydrogen (secondary N) is 1. The van der Waals surface area contributed by atoms with Gasteiger partial charge in [-0.15, -0.1) is 0 Å².